The lowest BCUT2D eigenvalue weighted by molar-refractivity contribution is -0.118. The van der Waals surface area contributed by atoms with Gasteiger partial charge in [0.25, 0.3) is 5.91 Å². The van der Waals surface area contributed by atoms with Crippen LogP contribution in [0.4, 0.5) is 20.6 Å². The van der Waals surface area contributed by atoms with Crippen LogP contribution in [0.25, 0.3) is 10.9 Å². The number of H-pyrrole nitrogens is 1. The van der Waals surface area contributed by atoms with Gasteiger partial charge in [-0.3, -0.25) is 9.59 Å². The number of piperazine rings is 1. The van der Waals surface area contributed by atoms with E-state index in [0.717, 1.165) is 33.3 Å². The molecule has 1 aliphatic rings. The number of nitrogens with zero attached hydrogens (tertiary/aromatic N) is 3. The van der Waals surface area contributed by atoms with Crippen LogP contribution in [0.1, 0.15) is 39.9 Å². The number of carbonyl (C=O) groups excluding carboxylic acids is 3. The summed E-state index contributed by atoms with van der Waals surface area (Å²) in [6, 6.07) is 16.3. The van der Waals surface area contributed by atoms with Gasteiger partial charge in [0.15, 0.2) is 0 Å². The van der Waals surface area contributed by atoms with Crippen LogP contribution in [0.3, 0.4) is 0 Å². The number of nitrogens with one attached hydrogen (secondary N) is 3. The van der Waals surface area contributed by atoms with E-state index in [4.69, 9.17) is 5.73 Å². The molecule has 1 aromatic heterocycles. The minimum atomic E-state index is -0.979. The molecule has 0 bridgehead atoms. The third kappa shape index (κ3) is 7.09. The smallest absolute Gasteiger partial charge is 0.318 e. The van der Waals surface area contributed by atoms with Crippen molar-refractivity contribution in [3.05, 3.63) is 94.9 Å². The van der Waals surface area contributed by atoms with Gasteiger partial charge >= 0.3 is 6.03 Å². The molecule has 1 aliphatic heterocycles. The van der Waals surface area contributed by atoms with E-state index in [2.05, 4.69) is 20.5 Å². The van der Waals surface area contributed by atoms with E-state index < -0.39 is 23.8 Å². The van der Waals surface area contributed by atoms with E-state index in [0.29, 0.717) is 38.4 Å². The van der Waals surface area contributed by atoms with Crippen LogP contribution in [-0.4, -0.2) is 78.9 Å². The number of nitrogens with two attached hydrogens (primary N) is 1. The third-order valence-electron chi connectivity index (χ3n) is 8.35. The van der Waals surface area contributed by atoms with Crippen molar-refractivity contribution >= 4 is 40.1 Å². The zero-order valence-electron chi connectivity index (χ0n) is 26.1. The standard InChI is InChI=1S/C34H40FN7O3/c1-21-17-24(35)10-12-30(21)41-13-15-42(16-14-41)34(45)39-31(22(2)27-19-37-28-8-6-5-7-25(27)28)33(44)38-29-18-23(20-40(3)4)9-11-26(29)32(36)43/h5-12,17-19,22,31,37H,13-16,20H2,1-4H3,(H2,36,43)(H,38,44)(H,39,45)/t22-,31-/m1/s1. The Morgan fingerprint density at radius 3 is 2.44 bits per heavy atom. The predicted molar refractivity (Wildman–Crippen MR) is 175 cm³/mol. The summed E-state index contributed by atoms with van der Waals surface area (Å²) in [7, 11) is 3.85. The van der Waals surface area contributed by atoms with Crippen LogP contribution in [0.5, 0.6) is 0 Å². The number of halogens is 1. The highest BCUT2D eigenvalue weighted by Crippen LogP contribution is 2.29. The molecule has 10 nitrogen and oxygen atoms in total. The molecule has 1 fully saturated rings. The fraction of sp³-hybridized carbons (Fsp3) is 0.324. The van der Waals surface area contributed by atoms with E-state index >= 15 is 0 Å². The molecule has 5 rings (SSSR count). The van der Waals surface area contributed by atoms with E-state index in [1.54, 1.807) is 29.2 Å². The van der Waals surface area contributed by atoms with E-state index in [-0.39, 0.29) is 17.4 Å². The number of hydrogen-bond donors (Lipinski definition) is 4. The average Bonchev–Trinajstić information content (AvgIpc) is 3.43. The lowest BCUT2D eigenvalue weighted by Gasteiger charge is -2.37. The van der Waals surface area contributed by atoms with Crippen LogP contribution in [0.2, 0.25) is 0 Å². The van der Waals surface area contributed by atoms with Crippen molar-refractivity contribution in [2.24, 2.45) is 5.73 Å². The summed E-state index contributed by atoms with van der Waals surface area (Å²) < 4.78 is 13.7. The number of anilines is 2. The van der Waals surface area contributed by atoms with Crippen LogP contribution in [0.15, 0.2) is 66.9 Å². The number of benzene rings is 3. The molecule has 3 aromatic carbocycles. The fourth-order valence-electron chi connectivity index (χ4n) is 6.00. The quantitative estimate of drug-likeness (QED) is 0.222. The average molecular weight is 614 g/mol. The largest absolute Gasteiger partial charge is 0.368 e. The van der Waals surface area contributed by atoms with E-state index in [9.17, 15) is 18.8 Å². The molecule has 4 amide bonds. The number of aryl methyl sites for hydroxylation is 1. The summed E-state index contributed by atoms with van der Waals surface area (Å²) in [6.07, 6.45) is 1.86. The van der Waals surface area contributed by atoms with Gasteiger partial charge in [-0.1, -0.05) is 31.2 Å². The molecule has 0 radical (unpaired) electrons. The monoisotopic (exact) mass is 613 g/mol. The Bertz CT molecular complexity index is 1710. The molecule has 236 valence electrons. The number of primary amides is 1. The van der Waals surface area contributed by atoms with Gasteiger partial charge in [0, 0.05) is 61.4 Å². The highest BCUT2D eigenvalue weighted by Gasteiger charge is 2.33. The molecule has 2 atom stereocenters. The van der Waals surface area contributed by atoms with Crippen molar-refractivity contribution < 1.29 is 18.8 Å². The van der Waals surface area contributed by atoms with Crippen molar-refractivity contribution in [1.29, 1.82) is 0 Å². The first-order valence-corrected chi connectivity index (χ1v) is 15.0. The zero-order chi connectivity index (χ0) is 32.2. The molecule has 0 spiro atoms. The molecule has 5 N–H and O–H groups in total. The highest BCUT2D eigenvalue weighted by molar-refractivity contribution is 6.05. The van der Waals surface area contributed by atoms with Crippen molar-refractivity contribution in [3.63, 3.8) is 0 Å². The second-order valence-electron chi connectivity index (χ2n) is 11.9. The number of aromatic nitrogens is 1. The van der Waals surface area contributed by atoms with E-state index in [1.807, 2.05) is 63.3 Å². The Hall–Kier alpha value is -4.90. The minimum absolute atomic E-state index is 0.183. The molecule has 2 heterocycles. The first-order valence-electron chi connectivity index (χ1n) is 15.0. The van der Waals surface area contributed by atoms with E-state index in [1.165, 1.54) is 12.1 Å². The second-order valence-corrected chi connectivity index (χ2v) is 11.9. The summed E-state index contributed by atoms with van der Waals surface area (Å²) in [6.45, 7) is 6.34. The first kappa shape index (κ1) is 31.5. The molecule has 0 aliphatic carbocycles. The van der Waals surface area contributed by atoms with Gasteiger partial charge in [-0.25, -0.2) is 9.18 Å². The maximum Gasteiger partial charge on any atom is 0.318 e. The maximum atomic E-state index is 14.1. The SMILES string of the molecule is Cc1cc(F)ccc1N1CCN(C(=O)N[C@@H](C(=O)Nc2cc(CN(C)C)ccc2C(N)=O)[C@H](C)c2c[nH]c3ccccc23)CC1. The number of fused-ring (bicyclic) bond motifs is 1. The molecule has 0 saturated carbocycles. The summed E-state index contributed by atoms with van der Waals surface area (Å²) >= 11 is 0. The predicted octanol–water partition coefficient (Wildman–Crippen LogP) is 4.42. The second kappa shape index (κ2) is 13.4. The molecule has 4 aromatic rings. The normalized spacial score (nSPS) is 14.8. The van der Waals surface area contributed by atoms with Crippen molar-refractivity contribution in [3.8, 4) is 0 Å². The zero-order valence-corrected chi connectivity index (χ0v) is 26.1. The molecular weight excluding hydrogens is 573 g/mol. The van der Waals surface area contributed by atoms with Gasteiger partial charge in [-0.15, -0.1) is 0 Å². The number of amides is 4. The number of carbonyl (C=O) groups is 3. The maximum absolute atomic E-state index is 14.1. The number of urea groups is 1. The Morgan fingerprint density at radius 2 is 1.76 bits per heavy atom. The molecule has 45 heavy (non-hydrogen) atoms. The van der Waals surface area contributed by atoms with Crippen LogP contribution in [-0.2, 0) is 11.3 Å². The van der Waals surface area contributed by atoms with Gasteiger partial charge < -0.3 is 36.1 Å². The summed E-state index contributed by atoms with van der Waals surface area (Å²) in [5, 5.41) is 6.85. The topological polar surface area (TPSA) is 127 Å². The minimum Gasteiger partial charge on any atom is -0.368 e. The van der Waals surface area contributed by atoms with Crippen LogP contribution < -0.4 is 21.3 Å². The molecular formula is C34H40FN7O3. The van der Waals surface area contributed by atoms with Crippen molar-refractivity contribution in [2.45, 2.75) is 32.4 Å². The molecule has 1 saturated heterocycles. The Morgan fingerprint density at radius 1 is 1.02 bits per heavy atom. The van der Waals surface area contributed by atoms with Crippen molar-refractivity contribution in [2.75, 3.05) is 50.5 Å². The molecule has 11 heteroatoms. The first-order chi connectivity index (χ1) is 21.5. The third-order valence-corrected chi connectivity index (χ3v) is 8.35. The van der Waals surface area contributed by atoms with Gasteiger partial charge in [0.05, 0.1) is 11.3 Å². The lowest BCUT2D eigenvalue weighted by atomic mass is 9.92. The lowest BCUT2D eigenvalue weighted by Crippen LogP contribution is -2.56. The summed E-state index contributed by atoms with van der Waals surface area (Å²) in [4.78, 5) is 49.1. The van der Waals surface area contributed by atoms with Gasteiger partial charge in [-0.2, -0.15) is 0 Å². The number of hydrogen-bond acceptors (Lipinski definition) is 5. The highest BCUT2D eigenvalue weighted by atomic mass is 19.1. The Balaban J connectivity index is 1.39. The number of rotatable bonds is 9. The Kier molecular flexibility index (Phi) is 9.38. The van der Waals surface area contributed by atoms with Gasteiger partial charge in [0.2, 0.25) is 5.91 Å². The summed E-state index contributed by atoms with van der Waals surface area (Å²) in [5.74, 6) is -1.85. The van der Waals surface area contributed by atoms with Crippen LogP contribution in [0, 0.1) is 12.7 Å². The van der Waals surface area contributed by atoms with Gasteiger partial charge in [0.1, 0.15) is 11.9 Å². The van der Waals surface area contributed by atoms with Crippen LogP contribution >= 0.6 is 0 Å². The molecule has 0 unspecified atom stereocenters. The number of aromatic amines is 1. The Labute approximate surface area is 262 Å². The fourth-order valence-corrected chi connectivity index (χ4v) is 6.00. The van der Waals surface area contributed by atoms with Gasteiger partial charge in [-0.05, 0) is 74.1 Å². The van der Waals surface area contributed by atoms with Crippen molar-refractivity contribution in [1.82, 2.24) is 20.1 Å². The number of para-hydroxylation sites is 1. The summed E-state index contributed by atoms with van der Waals surface area (Å²) in [5.41, 5.74) is 10.6.